The van der Waals surface area contributed by atoms with Crippen LogP contribution in [0.25, 0.3) is 5.69 Å². The molecule has 4 heteroatoms. The maximum atomic E-state index is 3.97. The van der Waals surface area contributed by atoms with E-state index in [0.717, 1.165) is 16.5 Å². The monoisotopic (exact) mass is 428 g/mol. The van der Waals surface area contributed by atoms with Crippen LogP contribution in [0.4, 0.5) is 0 Å². The quantitative estimate of drug-likeness (QED) is 0.318. The molecule has 0 unspecified atom stereocenters. The van der Waals surface area contributed by atoms with Crippen molar-refractivity contribution in [2.75, 3.05) is 0 Å². The molecule has 0 saturated carbocycles. The van der Waals surface area contributed by atoms with E-state index in [1.54, 1.807) is 12.5 Å². The molecule has 1 heterocycles. The zero-order valence-corrected chi connectivity index (χ0v) is 17.2. The lowest BCUT2D eigenvalue weighted by Gasteiger charge is -2.12. The van der Waals surface area contributed by atoms with Crippen molar-refractivity contribution >= 4 is 33.6 Å². The zero-order chi connectivity index (χ0) is 19.6. The highest BCUT2D eigenvalue weighted by Crippen LogP contribution is 2.13. The summed E-state index contributed by atoms with van der Waals surface area (Å²) in [6.07, 6.45) is 8.44. The summed E-state index contributed by atoms with van der Waals surface area (Å²) in [5.74, 6) is 0. The van der Waals surface area contributed by atoms with Crippen LogP contribution in [-0.2, 0) is 0 Å². The fourth-order valence-electron chi connectivity index (χ4n) is 3.03. The van der Waals surface area contributed by atoms with E-state index in [0.29, 0.717) is 6.71 Å². The molecule has 0 N–H and O–H groups in total. The summed E-state index contributed by atoms with van der Waals surface area (Å²) in [5, 5.41) is 0. The number of benzene rings is 3. The molecule has 0 bridgehead atoms. The number of allylic oxidation sites excluding steroid dienone is 1. The number of halogens is 1. The second kappa shape index (κ2) is 10.5. The van der Waals surface area contributed by atoms with Gasteiger partial charge < -0.3 is 4.57 Å². The first kappa shape index (κ1) is 19.9. The molecule has 3 aromatic carbocycles. The SMILES string of the molecule is Brc1ccc(-n2ccnc2)cc1.C=CCB(c1ccccc1)c1ccccc1. The molecule has 0 spiro atoms. The predicted octanol–water partition coefficient (Wildman–Crippen LogP) is 5.12. The average Bonchev–Trinajstić information content (AvgIpc) is 3.29. The minimum Gasteiger partial charge on any atom is -0.306 e. The Labute approximate surface area is 175 Å². The summed E-state index contributed by atoms with van der Waals surface area (Å²) >= 11 is 3.38. The molecule has 1 aromatic heterocycles. The number of aromatic nitrogens is 2. The molecule has 138 valence electrons. The Hall–Kier alpha value is -2.85. The summed E-state index contributed by atoms with van der Waals surface area (Å²) in [4.78, 5) is 3.97. The molecule has 0 saturated heterocycles. The van der Waals surface area contributed by atoms with Crippen molar-refractivity contribution in [3.05, 3.63) is 121 Å². The van der Waals surface area contributed by atoms with E-state index < -0.39 is 0 Å². The van der Waals surface area contributed by atoms with Crippen molar-refractivity contribution in [1.82, 2.24) is 9.55 Å². The van der Waals surface area contributed by atoms with Gasteiger partial charge in [-0.2, -0.15) is 0 Å². The molecule has 2 nitrogen and oxygen atoms in total. The summed E-state index contributed by atoms with van der Waals surface area (Å²) in [6.45, 7) is 4.28. The van der Waals surface area contributed by atoms with Gasteiger partial charge in [-0.15, -0.1) is 6.58 Å². The van der Waals surface area contributed by atoms with Gasteiger partial charge in [0.2, 0.25) is 6.71 Å². The number of hydrogen-bond donors (Lipinski definition) is 0. The van der Waals surface area contributed by atoms with Gasteiger partial charge in [0.25, 0.3) is 0 Å². The third kappa shape index (κ3) is 5.57. The van der Waals surface area contributed by atoms with Gasteiger partial charge in [0.05, 0.1) is 6.33 Å². The van der Waals surface area contributed by atoms with Crippen molar-refractivity contribution in [2.45, 2.75) is 6.32 Å². The van der Waals surface area contributed by atoms with E-state index in [1.807, 2.05) is 41.1 Å². The zero-order valence-electron chi connectivity index (χ0n) is 15.7. The van der Waals surface area contributed by atoms with E-state index in [9.17, 15) is 0 Å². The van der Waals surface area contributed by atoms with Crippen LogP contribution in [-0.4, -0.2) is 16.3 Å². The maximum absolute atomic E-state index is 3.97. The molecular weight excluding hydrogens is 407 g/mol. The van der Waals surface area contributed by atoms with E-state index in [4.69, 9.17) is 0 Å². The predicted molar refractivity (Wildman–Crippen MR) is 124 cm³/mol. The molecule has 0 atom stereocenters. The lowest BCUT2D eigenvalue weighted by atomic mass is 9.39. The summed E-state index contributed by atoms with van der Waals surface area (Å²) in [6, 6.07) is 29.3. The molecule has 4 rings (SSSR count). The first-order valence-electron chi connectivity index (χ1n) is 9.22. The number of rotatable bonds is 5. The first-order valence-corrected chi connectivity index (χ1v) is 10.0. The van der Waals surface area contributed by atoms with Gasteiger partial charge in [0.15, 0.2) is 0 Å². The second-order valence-corrected chi connectivity index (χ2v) is 7.26. The van der Waals surface area contributed by atoms with Crippen LogP contribution in [0, 0.1) is 0 Å². The molecule has 4 aromatic rings. The van der Waals surface area contributed by atoms with Crippen LogP contribution in [0.15, 0.2) is 121 Å². The molecule has 0 fully saturated rings. The van der Waals surface area contributed by atoms with Gasteiger partial charge in [-0.3, -0.25) is 0 Å². The third-order valence-electron chi connectivity index (χ3n) is 4.44. The summed E-state index contributed by atoms with van der Waals surface area (Å²) < 4.78 is 3.05. The van der Waals surface area contributed by atoms with E-state index in [1.165, 1.54) is 10.9 Å². The Bertz CT molecular complexity index is 913. The van der Waals surface area contributed by atoms with Crippen molar-refractivity contribution in [1.29, 1.82) is 0 Å². The minimum absolute atomic E-state index is 0.430. The summed E-state index contributed by atoms with van der Waals surface area (Å²) in [5.41, 5.74) is 3.83. The Kier molecular flexibility index (Phi) is 7.45. The lowest BCUT2D eigenvalue weighted by Crippen LogP contribution is -2.41. The van der Waals surface area contributed by atoms with Gasteiger partial charge in [0.1, 0.15) is 0 Å². The first-order chi connectivity index (χ1) is 13.8. The molecular formula is C24H22BBrN2. The normalized spacial score (nSPS) is 9.89. The number of imidazole rings is 1. The maximum Gasteiger partial charge on any atom is 0.213 e. The van der Waals surface area contributed by atoms with Crippen molar-refractivity contribution in [2.24, 2.45) is 0 Å². The van der Waals surface area contributed by atoms with E-state index >= 15 is 0 Å². The number of nitrogens with zero attached hydrogens (tertiary/aromatic N) is 2. The van der Waals surface area contributed by atoms with Gasteiger partial charge in [-0.25, -0.2) is 4.98 Å². The largest absolute Gasteiger partial charge is 0.306 e. The van der Waals surface area contributed by atoms with E-state index in [-0.39, 0.29) is 0 Å². The van der Waals surface area contributed by atoms with Crippen LogP contribution >= 0.6 is 15.9 Å². The van der Waals surface area contributed by atoms with Gasteiger partial charge in [-0.1, -0.05) is 93.6 Å². The van der Waals surface area contributed by atoms with Gasteiger partial charge in [0, 0.05) is 22.6 Å². The van der Waals surface area contributed by atoms with Crippen LogP contribution < -0.4 is 10.9 Å². The van der Waals surface area contributed by atoms with Crippen LogP contribution in [0.1, 0.15) is 0 Å². The third-order valence-corrected chi connectivity index (χ3v) is 4.96. The lowest BCUT2D eigenvalue weighted by molar-refractivity contribution is 1.06. The van der Waals surface area contributed by atoms with Gasteiger partial charge >= 0.3 is 0 Å². The van der Waals surface area contributed by atoms with Crippen LogP contribution in [0.5, 0.6) is 0 Å². The molecule has 0 radical (unpaired) electrons. The Morgan fingerprint density at radius 2 is 1.43 bits per heavy atom. The minimum atomic E-state index is 0.430. The highest BCUT2D eigenvalue weighted by molar-refractivity contribution is 9.10. The molecule has 0 aliphatic rings. The summed E-state index contributed by atoms with van der Waals surface area (Å²) in [7, 11) is 0. The highest BCUT2D eigenvalue weighted by Gasteiger charge is 2.16. The second-order valence-electron chi connectivity index (χ2n) is 6.34. The molecule has 0 amide bonds. The van der Waals surface area contributed by atoms with Crippen LogP contribution in [0.2, 0.25) is 6.32 Å². The molecule has 0 aliphatic carbocycles. The van der Waals surface area contributed by atoms with Crippen molar-refractivity contribution in [3.63, 3.8) is 0 Å². The molecule has 0 aliphatic heterocycles. The Morgan fingerprint density at radius 3 is 1.89 bits per heavy atom. The average molecular weight is 429 g/mol. The number of hydrogen-bond acceptors (Lipinski definition) is 1. The fraction of sp³-hybridized carbons (Fsp3) is 0.0417. The Morgan fingerprint density at radius 1 is 0.857 bits per heavy atom. The van der Waals surface area contributed by atoms with Crippen molar-refractivity contribution < 1.29 is 0 Å². The van der Waals surface area contributed by atoms with E-state index in [2.05, 4.69) is 88.2 Å². The Balaban J connectivity index is 0.000000167. The smallest absolute Gasteiger partial charge is 0.213 e. The standard InChI is InChI=1S/C15H15B.C9H7BrN2/c1-2-13-16(14-9-5-3-6-10-14)15-11-7-4-8-12-15;10-8-1-3-9(4-2-8)12-6-5-11-7-12/h2-12H,1,13H2;1-7H. The van der Waals surface area contributed by atoms with Crippen molar-refractivity contribution in [3.8, 4) is 5.69 Å². The van der Waals surface area contributed by atoms with Crippen LogP contribution in [0.3, 0.4) is 0 Å². The van der Waals surface area contributed by atoms with Gasteiger partial charge in [-0.05, 0) is 30.6 Å². The molecule has 28 heavy (non-hydrogen) atoms. The topological polar surface area (TPSA) is 17.8 Å². The fourth-order valence-corrected chi connectivity index (χ4v) is 3.29. The highest BCUT2D eigenvalue weighted by atomic mass is 79.9.